The maximum absolute atomic E-state index is 8.46. The first-order valence-electron chi connectivity index (χ1n) is 6.26. The van der Waals surface area contributed by atoms with Gasteiger partial charge in [0.25, 0.3) is 0 Å². The summed E-state index contributed by atoms with van der Waals surface area (Å²) in [5.41, 5.74) is 0. The maximum atomic E-state index is 8.46. The minimum atomic E-state index is 0.0457. The Hall–Kier alpha value is -0.240. The van der Waals surface area contributed by atoms with E-state index in [1.54, 1.807) is 7.11 Å². The number of hydrogen-bond donors (Lipinski definition) is 1. The third-order valence-electron chi connectivity index (χ3n) is 2.02. The summed E-state index contributed by atoms with van der Waals surface area (Å²) < 4.78 is 26.0. The summed E-state index contributed by atoms with van der Waals surface area (Å²) in [6, 6.07) is 0. The Morgan fingerprint density at radius 1 is 0.833 bits per heavy atom. The fourth-order valence-corrected chi connectivity index (χ4v) is 1.13. The molecule has 1 atom stereocenters. The SMILES string of the molecule is COCCOC(C)COCCOCCOCCO. The van der Waals surface area contributed by atoms with Crippen molar-refractivity contribution in [3.05, 3.63) is 0 Å². The Kier molecular flexibility index (Phi) is 14.6. The highest BCUT2D eigenvalue weighted by Crippen LogP contribution is 1.92. The van der Waals surface area contributed by atoms with E-state index in [1.807, 2.05) is 6.92 Å². The lowest BCUT2D eigenvalue weighted by Gasteiger charge is -2.13. The lowest BCUT2D eigenvalue weighted by Crippen LogP contribution is -2.20. The molecule has 0 saturated heterocycles. The van der Waals surface area contributed by atoms with Crippen LogP contribution >= 0.6 is 0 Å². The van der Waals surface area contributed by atoms with Crippen LogP contribution < -0.4 is 0 Å². The molecule has 0 aromatic carbocycles. The summed E-state index contributed by atoms with van der Waals surface area (Å²) >= 11 is 0. The van der Waals surface area contributed by atoms with E-state index < -0.39 is 0 Å². The summed E-state index contributed by atoms with van der Waals surface area (Å²) in [5, 5.41) is 8.46. The van der Waals surface area contributed by atoms with Crippen molar-refractivity contribution in [1.29, 1.82) is 0 Å². The molecule has 0 saturated carbocycles. The van der Waals surface area contributed by atoms with Crippen LogP contribution in [0.25, 0.3) is 0 Å². The quantitative estimate of drug-likeness (QED) is 0.449. The fraction of sp³-hybridized carbons (Fsp3) is 1.00. The van der Waals surface area contributed by atoms with Crippen molar-refractivity contribution in [2.24, 2.45) is 0 Å². The van der Waals surface area contributed by atoms with Crippen LogP contribution in [0.3, 0.4) is 0 Å². The molecule has 1 N–H and O–H groups in total. The predicted molar refractivity (Wildman–Crippen MR) is 66.8 cm³/mol. The molecule has 0 radical (unpaired) electrons. The molecule has 0 rings (SSSR count). The van der Waals surface area contributed by atoms with Crippen molar-refractivity contribution < 1.29 is 28.8 Å². The van der Waals surface area contributed by atoms with E-state index in [9.17, 15) is 0 Å². The Bertz CT molecular complexity index is 156. The lowest BCUT2D eigenvalue weighted by atomic mass is 10.4. The normalized spacial score (nSPS) is 12.8. The zero-order chi connectivity index (χ0) is 13.5. The van der Waals surface area contributed by atoms with Gasteiger partial charge in [-0.25, -0.2) is 0 Å². The molecular weight excluding hydrogens is 240 g/mol. The third-order valence-corrected chi connectivity index (χ3v) is 2.02. The Morgan fingerprint density at radius 3 is 2.06 bits per heavy atom. The van der Waals surface area contributed by atoms with E-state index in [0.29, 0.717) is 52.9 Å². The Balaban J connectivity index is 3.05. The van der Waals surface area contributed by atoms with Gasteiger partial charge in [0.15, 0.2) is 0 Å². The number of methoxy groups -OCH3 is 1. The van der Waals surface area contributed by atoms with Gasteiger partial charge in [0.2, 0.25) is 0 Å². The summed E-state index contributed by atoms with van der Waals surface area (Å²) in [4.78, 5) is 0. The van der Waals surface area contributed by atoms with E-state index in [-0.39, 0.29) is 12.7 Å². The molecule has 0 aliphatic rings. The van der Waals surface area contributed by atoms with Crippen LogP contribution in [-0.2, 0) is 23.7 Å². The molecule has 0 aliphatic carbocycles. The molecule has 18 heavy (non-hydrogen) atoms. The van der Waals surface area contributed by atoms with Gasteiger partial charge in [-0.2, -0.15) is 0 Å². The number of hydrogen-bond acceptors (Lipinski definition) is 6. The highest BCUT2D eigenvalue weighted by atomic mass is 16.6. The van der Waals surface area contributed by atoms with Gasteiger partial charge >= 0.3 is 0 Å². The molecule has 6 heteroatoms. The van der Waals surface area contributed by atoms with E-state index >= 15 is 0 Å². The number of aliphatic hydroxyl groups excluding tert-OH is 1. The first kappa shape index (κ1) is 17.8. The summed E-state index contributed by atoms with van der Waals surface area (Å²) in [6.45, 7) is 6.18. The second kappa shape index (κ2) is 14.8. The van der Waals surface area contributed by atoms with Gasteiger partial charge in [-0.15, -0.1) is 0 Å². The van der Waals surface area contributed by atoms with Crippen molar-refractivity contribution >= 4 is 0 Å². The fourth-order valence-electron chi connectivity index (χ4n) is 1.13. The molecule has 1 unspecified atom stereocenters. The predicted octanol–water partition coefficient (Wildman–Crippen LogP) is 0.0800. The molecule has 6 nitrogen and oxygen atoms in total. The van der Waals surface area contributed by atoms with Gasteiger partial charge in [0.05, 0.1) is 65.6 Å². The van der Waals surface area contributed by atoms with Crippen molar-refractivity contribution in [3.63, 3.8) is 0 Å². The molecule has 0 heterocycles. The molecule has 0 aromatic heterocycles. The lowest BCUT2D eigenvalue weighted by molar-refractivity contribution is -0.0400. The van der Waals surface area contributed by atoms with Crippen LogP contribution in [0.5, 0.6) is 0 Å². The smallest absolute Gasteiger partial charge is 0.0781 e. The monoisotopic (exact) mass is 266 g/mol. The van der Waals surface area contributed by atoms with E-state index in [0.717, 1.165) is 0 Å². The van der Waals surface area contributed by atoms with E-state index in [2.05, 4.69) is 0 Å². The van der Waals surface area contributed by atoms with Crippen LogP contribution in [0.1, 0.15) is 6.92 Å². The van der Waals surface area contributed by atoms with Crippen molar-refractivity contribution in [1.82, 2.24) is 0 Å². The van der Waals surface area contributed by atoms with Crippen LogP contribution in [0.4, 0.5) is 0 Å². The van der Waals surface area contributed by atoms with Crippen molar-refractivity contribution in [3.8, 4) is 0 Å². The van der Waals surface area contributed by atoms with E-state index in [1.165, 1.54) is 0 Å². The topological polar surface area (TPSA) is 66.4 Å². The Labute approximate surface area is 109 Å². The number of rotatable bonds is 14. The largest absolute Gasteiger partial charge is 0.394 e. The van der Waals surface area contributed by atoms with Gasteiger partial charge in [-0.05, 0) is 6.92 Å². The van der Waals surface area contributed by atoms with Gasteiger partial charge in [-0.3, -0.25) is 0 Å². The molecule has 0 spiro atoms. The molecular formula is C12H26O6. The van der Waals surface area contributed by atoms with Crippen LogP contribution in [0.15, 0.2) is 0 Å². The average molecular weight is 266 g/mol. The molecule has 0 aliphatic heterocycles. The molecule has 0 amide bonds. The van der Waals surface area contributed by atoms with Gasteiger partial charge < -0.3 is 28.8 Å². The van der Waals surface area contributed by atoms with Crippen LogP contribution in [-0.4, -0.2) is 77.8 Å². The van der Waals surface area contributed by atoms with Crippen molar-refractivity contribution in [2.45, 2.75) is 13.0 Å². The summed E-state index contributed by atoms with van der Waals surface area (Å²) in [7, 11) is 1.64. The average Bonchev–Trinajstić information content (AvgIpc) is 2.37. The highest BCUT2D eigenvalue weighted by molar-refractivity contribution is 4.47. The van der Waals surface area contributed by atoms with Gasteiger partial charge in [-0.1, -0.05) is 0 Å². The second-order valence-corrected chi connectivity index (χ2v) is 3.70. The minimum Gasteiger partial charge on any atom is -0.394 e. The maximum Gasteiger partial charge on any atom is 0.0781 e. The van der Waals surface area contributed by atoms with Crippen molar-refractivity contribution in [2.75, 3.05) is 66.6 Å². The molecule has 0 bridgehead atoms. The summed E-state index contributed by atoms with van der Waals surface area (Å²) in [5.74, 6) is 0. The Morgan fingerprint density at radius 2 is 1.44 bits per heavy atom. The first-order valence-corrected chi connectivity index (χ1v) is 6.26. The van der Waals surface area contributed by atoms with Crippen LogP contribution in [0, 0.1) is 0 Å². The number of ether oxygens (including phenoxy) is 5. The van der Waals surface area contributed by atoms with Gasteiger partial charge in [0, 0.05) is 7.11 Å². The molecule has 0 fully saturated rings. The number of aliphatic hydroxyl groups is 1. The second-order valence-electron chi connectivity index (χ2n) is 3.70. The first-order chi connectivity index (χ1) is 8.81. The third kappa shape index (κ3) is 13.8. The minimum absolute atomic E-state index is 0.0457. The highest BCUT2D eigenvalue weighted by Gasteiger charge is 2.01. The standard InChI is InChI=1S/C12H26O6/c1-12(18-10-5-14-2)11-17-9-8-16-7-6-15-4-3-13/h12-13H,3-11H2,1-2H3. The molecule has 0 aromatic rings. The molecule has 110 valence electrons. The van der Waals surface area contributed by atoms with E-state index in [4.69, 9.17) is 28.8 Å². The zero-order valence-corrected chi connectivity index (χ0v) is 11.4. The van der Waals surface area contributed by atoms with Crippen LogP contribution in [0.2, 0.25) is 0 Å². The van der Waals surface area contributed by atoms with Gasteiger partial charge in [0.1, 0.15) is 0 Å². The summed E-state index contributed by atoms with van der Waals surface area (Å²) in [6.07, 6.45) is 0.0630. The zero-order valence-electron chi connectivity index (χ0n) is 11.4.